The lowest BCUT2D eigenvalue weighted by Gasteiger charge is -2.34. The molecule has 1 amide bonds. The van der Waals surface area contributed by atoms with E-state index in [0.29, 0.717) is 30.6 Å². The summed E-state index contributed by atoms with van der Waals surface area (Å²) in [7, 11) is -1.93. The highest BCUT2D eigenvalue weighted by Crippen LogP contribution is 2.28. The summed E-state index contributed by atoms with van der Waals surface area (Å²) in [5.41, 5.74) is 0.458. The molecule has 1 aromatic carbocycles. The van der Waals surface area contributed by atoms with Crippen LogP contribution in [-0.2, 0) is 10.0 Å². The van der Waals surface area contributed by atoms with E-state index >= 15 is 0 Å². The van der Waals surface area contributed by atoms with Gasteiger partial charge in [0.05, 0.1) is 4.90 Å². The van der Waals surface area contributed by atoms with Gasteiger partial charge in [0.2, 0.25) is 10.0 Å². The van der Waals surface area contributed by atoms with Gasteiger partial charge in [0, 0.05) is 31.7 Å². The smallest absolute Gasteiger partial charge is 0.251 e. The number of fused-ring (bicyclic) bond motifs is 1. The molecule has 2 saturated heterocycles. The number of hydrogen-bond donors (Lipinski definition) is 2. The third-order valence-electron chi connectivity index (χ3n) is 4.60. The number of benzene rings is 1. The molecule has 128 valence electrons. The Labute approximate surface area is 143 Å². The standard InChI is InChI=1S/C15H21N3O3S.ClH/c1-16-15(19)11-2-4-13(5-3-11)22(20,21)18-9-7-14-12(10-18)6-8-17-14;/h2-5,12,14,17H,6-10H2,1H3,(H,16,19);1H. The molecular formula is C15H22ClN3O3S. The minimum absolute atomic E-state index is 0. The third kappa shape index (κ3) is 3.52. The van der Waals surface area contributed by atoms with Gasteiger partial charge < -0.3 is 10.6 Å². The summed E-state index contributed by atoms with van der Waals surface area (Å²) in [6.07, 6.45) is 1.90. The minimum atomic E-state index is -3.48. The summed E-state index contributed by atoms with van der Waals surface area (Å²) in [4.78, 5) is 11.8. The van der Waals surface area contributed by atoms with Crippen LogP contribution in [-0.4, -0.2) is 51.4 Å². The Morgan fingerprint density at radius 1 is 1.26 bits per heavy atom. The van der Waals surface area contributed by atoms with E-state index in [-0.39, 0.29) is 23.2 Å². The molecule has 2 heterocycles. The largest absolute Gasteiger partial charge is 0.355 e. The van der Waals surface area contributed by atoms with E-state index in [4.69, 9.17) is 0 Å². The van der Waals surface area contributed by atoms with E-state index in [0.717, 1.165) is 19.4 Å². The van der Waals surface area contributed by atoms with Crippen LogP contribution < -0.4 is 10.6 Å². The number of amides is 1. The Kier molecular flexibility index (Phi) is 5.67. The zero-order valence-electron chi connectivity index (χ0n) is 13.0. The molecule has 0 aliphatic carbocycles. The van der Waals surface area contributed by atoms with E-state index in [1.165, 1.54) is 12.1 Å². The monoisotopic (exact) mass is 359 g/mol. The quantitative estimate of drug-likeness (QED) is 0.838. The first-order chi connectivity index (χ1) is 10.5. The van der Waals surface area contributed by atoms with E-state index in [2.05, 4.69) is 10.6 Å². The maximum Gasteiger partial charge on any atom is 0.251 e. The van der Waals surface area contributed by atoms with Crippen molar-refractivity contribution in [1.29, 1.82) is 0 Å². The minimum Gasteiger partial charge on any atom is -0.355 e. The summed E-state index contributed by atoms with van der Waals surface area (Å²) in [5.74, 6) is 0.190. The third-order valence-corrected chi connectivity index (χ3v) is 6.48. The van der Waals surface area contributed by atoms with E-state index in [1.54, 1.807) is 23.5 Å². The van der Waals surface area contributed by atoms with Crippen LogP contribution in [0.15, 0.2) is 29.2 Å². The zero-order valence-corrected chi connectivity index (χ0v) is 14.6. The number of carbonyl (C=O) groups excluding carboxylic acids is 1. The average molecular weight is 360 g/mol. The summed E-state index contributed by atoms with van der Waals surface area (Å²) < 4.78 is 27.0. The van der Waals surface area contributed by atoms with Gasteiger partial charge in [-0.2, -0.15) is 4.31 Å². The molecule has 2 N–H and O–H groups in total. The molecule has 0 radical (unpaired) electrons. The fourth-order valence-electron chi connectivity index (χ4n) is 3.30. The first-order valence-corrected chi connectivity index (χ1v) is 9.02. The first kappa shape index (κ1) is 18.2. The lowest BCUT2D eigenvalue weighted by Crippen LogP contribution is -2.46. The molecule has 0 spiro atoms. The van der Waals surface area contributed by atoms with Crippen LogP contribution in [0, 0.1) is 5.92 Å². The van der Waals surface area contributed by atoms with Gasteiger partial charge in [-0.1, -0.05) is 0 Å². The highest BCUT2D eigenvalue weighted by Gasteiger charge is 2.37. The lowest BCUT2D eigenvalue weighted by molar-refractivity contribution is 0.0963. The Bertz CT molecular complexity index is 663. The summed E-state index contributed by atoms with van der Waals surface area (Å²) in [6, 6.07) is 6.59. The van der Waals surface area contributed by atoms with E-state index in [9.17, 15) is 13.2 Å². The molecule has 0 bridgehead atoms. The number of hydrogen-bond acceptors (Lipinski definition) is 4. The molecule has 2 atom stereocenters. The number of rotatable bonds is 3. The highest BCUT2D eigenvalue weighted by atomic mass is 35.5. The van der Waals surface area contributed by atoms with Gasteiger partial charge >= 0.3 is 0 Å². The van der Waals surface area contributed by atoms with Crippen LogP contribution >= 0.6 is 12.4 Å². The fraction of sp³-hybridized carbons (Fsp3) is 0.533. The number of halogens is 1. The van der Waals surface area contributed by atoms with Crippen LogP contribution in [0.25, 0.3) is 0 Å². The van der Waals surface area contributed by atoms with E-state index in [1.807, 2.05) is 0 Å². The van der Waals surface area contributed by atoms with Gasteiger partial charge in [-0.3, -0.25) is 4.79 Å². The van der Waals surface area contributed by atoms with Gasteiger partial charge in [-0.25, -0.2) is 8.42 Å². The van der Waals surface area contributed by atoms with Crippen molar-refractivity contribution in [1.82, 2.24) is 14.9 Å². The number of carbonyl (C=O) groups is 1. The molecule has 3 rings (SSSR count). The molecule has 2 fully saturated rings. The van der Waals surface area contributed by atoms with Gasteiger partial charge in [0.25, 0.3) is 5.91 Å². The average Bonchev–Trinajstić information content (AvgIpc) is 3.01. The highest BCUT2D eigenvalue weighted by molar-refractivity contribution is 7.89. The van der Waals surface area contributed by atoms with Crippen LogP contribution in [0.5, 0.6) is 0 Å². The van der Waals surface area contributed by atoms with Crippen molar-refractivity contribution in [3.63, 3.8) is 0 Å². The predicted molar refractivity (Wildman–Crippen MR) is 90.4 cm³/mol. The second-order valence-electron chi connectivity index (χ2n) is 5.86. The Balaban J connectivity index is 0.00000192. The van der Waals surface area contributed by atoms with Crippen molar-refractivity contribution in [3.8, 4) is 0 Å². The Morgan fingerprint density at radius 2 is 1.96 bits per heavy atom. The molecule has 8 heteroatoms. The van der Waals surface area contributed by atoms with Gasteiger partial charge in [-0.05, 0) is 49.6 Å². The van der Waals surface area contributed by atoms with Gasteiger partial charge in [-0.15, -0.1) is 12.4 Å². The molecule has 6 nitrogen and oxygen atoms in total. The first-order valence-electron chi connectivity index (χ1n) is 7.58. The Morgan fingerprint density at radius 3 is 2.61 bits per heavy atom. The molecule has 0 saturated carbocycles. The molecule has 2 aliphatic heterocycles. The van der Waals surface area contributed by atoms with Gasteiger partial charge in [0.15, 0.2) is 0 Å². The molecule has 0 aromatic heterocycles. The molecule has 23 heavy (non-hydrogen) atoms. The molecule has 2 aliphatic rings. The second-order valence-corrected chi connectivity index (χ2v) is 7.80. The van der Waals surface area contributed by atoms with Crippen LogP contribution in [0.3, 0.4) is 0 Å². The number of nitrogens with zero attached hydrogens (tertiary/aromatic N) is 1. The molecule has 2 unspecified atom stereocenters. The maximum absolute atomic E-state index is 12.7. The Hall–Kier alpha value is -1.15. The number of sulfonamides is 1. The maximum atomic E-state index is 12.7. The lowest BCUT2D eigenvalue weighted by atomic mass is 9.95. The van der Waals surface area contributed by atoms with Crippen LogP contribution in [0.1, 0.15) is 23.2 Å². The van der Waals surface area contributed by atoms with Crippen LogP contribution in [0.4, 0.5) is 0 Å². The van der Waals surface area contributed by atoms with Crippen molar-refractivity contribution < 1.29 is 13.2 Å². The van der Waals surface area contributed by atoms with Crippen LogP contribution in [0.2, 0.25) is 0 Å². The summed E-state index contributed by atoms with van der Waals surface area (Å²) in [5, 5.41) is 5.95. The fourth-order valence-corrected chi connectivity index (χ4v) is 4.82. The second kappa shape index (κ2) is 7.17. The predicted octanol–water partition coefficient (Wildman–Crippen LogP) is 0.841. The molecule has 1 aromatic rings. The van der Waals surface area contributed by atoms with Crippen molar-refractivity contribution in [3.05, 3.63) is 29.8 Å². The summed E-state index contributed by atoms with van der Waals surface area (Å²) >= 11 is 0. The topological polar surface area (TPSA) is 78.5 Å². The van der Waals surface area contributed by atoms with Gasteiger partial charge in [0.1, 0.15) is 0 Å². The zero-order chi connectivity index (χ0) is 15.7. The summed E-state index contributed by atoms with van der Waals surface area (Å²) in [6.45, 7) is 2.11. The van der Waals surface area contributed by atoms with Crippen molar-refractivity contribution >= 4 is 28.3 Å². The normalized spacial score (nSPS) is 24.6. The van der Waals surface area contributed by atoms with E-state index < -0.39 is 10.0 Å². The SMILES string of the molecule is CNC(=O)c1ccc(S(=O)(=O)N2CCC3NCCC3C2)cc1.Cl. The molecular weight excluding hydrogens is 338 g/mol. The number of piperidine rings is 1. The van der Waals surface area contributed by atoms with Crippen molar-refractivity contribution in [2.45, 2.75) is 23.8 Å². The van der Waals surface area contributed by atoms with Crippen molar-refractivity contribution in [2.24, 2.45) is 5.92 Å². The number of nitrogens with one attached hydrogen (secondary N) is 2. The van der Waals surface area contributed by atoms with Crippen molar-refractivity contribution in [2.75, 3.05) is 26.7 Å².